The fourth-order valence-corrected chi connectivity index (χ4v) is 5.30. The van der Waals surface area contributed by atoms with E-state index < -0.39 is 20.8 Å². The predicted molar refractivity (Wildman–Crippen MR) is 84.4 cm³/mol. The summed E-state index contributed by atoms with van der Waals surface area (Å²) in [5, 5.41) is 9.50. The fraction of sp³-hybridized carbons (Fsp3) is 0.571. The van der Waals surface area contributed by atoms with Crippen molar-refractivity contribution in [3.8, 4) is 5.75 Å². The molecule has 0 amide bonds. The summed E-state index contributed by atoms with van der Waals surface area (Å²) in [7, 11) is 0.325. The molecule has 0 saturated heterocycles. The lowest BCUT2D eigenvalue weighted by atomic mass is 9.94. The van der Waals surface area contributed by atoms with Crippen molar-refractivity contribution in [1.82, 2.24) is 4.90 Å². The Morgan fingerprint density at radius 1 is 1.24 bits per heavy atom. The van der Waals surface area contributed by atoms with E-state index in [9.17, 15) is 13.5 Å². The van der Waals surface area contributed by atoms with Crippen LogP contribution in [0.5, 0.6) is 5.75 Å². The molecule has 1 aliphatic rings. The number of hydrogen-bond donors (Lipinski definition) is 2. The maximum Gasteiger partial charge on any atom is 0.186 e. The lowest BCUT2D eigenvalue weighted by Gasteiger charge is -2.32. The van der Waals surface area contributed by atoms with Crippen LogP contribution in [-0.4, -0.2) is 43.8 Å². The smallest absolute Gasteiger partial charge is 0.186 e. The highest BCUT2D eigenvalue weighted by atomic mass is 35.5. The van der Waals surface area contributed by atoms with Crippen LogP contribution in [0.3, 0.4) is 0 Å². The summed E-state index contributed by atoms with van der Waals surface area (Å²) in [4.78, 5) is 1.89. The molecule has 118 valence electrons. The van der Waals surface area contributed by atoms with Gasteiger partial charge >= 0.3 is 0 Å². The van der Waals surface area contributed by atoms with Crippen LogP contribution in [0.25, 0.3) is 0 Å². The third-order valence-corrected chi connectivity index (χ3v) is 6.97. The van der Waals surface area contributed by atoms with E-state index in [1.807, 2.05) is 14.1 Å². The van der Waals surface area contributed by atoms with Gasteiger partial charge in [-0.2, -0.15) is 0 Å². The maximum atomic E-state index is 12.7. The number of rotatable bonds is 3. The molecule has 1 aromatic carbocycles. The van der Waals surface area contributed by atoms with Gasteiger partial charge in [-0.05, 0) is 51.9 Å². The minimum absolute atomic E-state index is 0.0245. The zero-order valence-corrected chi connectivity index (χ0v) is 13.8. The van der Waals surface area contributed by atoms with Crippen molar-refractivity contribution in [3.63, 3.8) is 0 Å². The maximum absolute atomic E-state index is 12.7. The molecule has 3 N–H and O–H groups in total. The van der Waals surface area contributed by atoms with Crippen molar-refractivity contribution >= 4 is 27.1 Å². The Labute approximate surface area is 130 Å². The van der Waals surface area contributed by atoms with E-state index in [-0.39, 0.29) is 15.6 Å². The third kappa shape index (κ3) is 3.12. The van der Waals surface area contributed by atoms with Crippen LogP contribution in [0.1, 0.15) is 25.7 Å². The number of sulfone groups is 1. The van der Waals surface area contributed by atoms with E-state index in [0.717, 1.165) is 12.8 Å². The van der Waals surface area contributed by atoms with Gasteiger partial charge in [0.25, 0.3) is 0 Å². The second-order valence-corrected chi connectivity index (χ2v) is 8.33. The molecule has 0 heterocycles. The van der Waals surface area contributed by atoms with Crippen molar-refractivity contribution in [3.05, 3.63) is 17.2 Å². The normalized spacial score (nSPS) is 23.4. The monoisotopic (exact) mass is 332 g/mol. The molecule has 1 saturated carbocycles. The van der Waals surface area contributed by atoms with Gasteiger partial charge in [0.15, 0.2) is 15.6 Å². The zero-order chi connectivity index (χ0) is 15.8. The first-order valence-corrected chi connectivity index (χ1v) is 8.85. The van der Waals surface area contributed by atoms with Crippen LogP contribution in [0, 0.1) is 0 Å². The van der Waals surface area contributed by atoms with Crippen LogP contribution in [0.4, 0.5) is 5.69 Å². The minimum atomic E-state index is -3.68. The van der Waals surface area contributed by atoms with E-state index >= 15 is 0 Å². The predicted octanol–water partition coefficient (Wildman–Crippen LogP) is 2.27. The molecule has 0 aliphatic heterocycles. The molecule has 5 nitrogen and oxygen atoms in total. The Morgan fingerprint density at radius 3 is 2.33 bits per heavy atom. The first-order valence-electron chi connectivity index (χ1n) is 6.92. The quantitative estimate of drug-likeness (QED) is 0.655. The molecule has 2 rings (SSSR count). The third-order valence-electron chi connectivity index (χ3n) is 4.21. The summed E-state index contributed by atoms with van der Waals surface area (Å²) in [6.07, 6.45) is 2.76. The van der Waals surface area contributed by atoms with Crippen LogP contribution >= 0.6 is 11.6 Å². The largest absolute Gasteiger partial charge is 0.504 e. The van der Waals surface area contributed by atoms with Crippen molar-refractivity contribution in [1.29, 1.82) is 0 Å². The van der Waals surface area contributed by atoms with Crippen molar-refractivity contribution in [2.75, 3.05) is 19.8 Å². The van der Waals surface area contributed by atoms with Gasteiger partial charge < -0.3 is 15.7 Å². The van der Waals surface area contributed by atoms with Crippen molar-refractivity contribution in [2.45, 2.75) is 41.9 Å². The van der Waals surface area contributed by atoms with E-state index in [1.54, 1.807) is 0 Å². The SMILES string of the molecule is CN(C)[C@H]1CC[C@@H](S(=O)(=O)c2c(Cl)ccc(N)c2O)CC1. The molecule has 0 bridgehead atoms. The van der Waals surface area contributed by atoms with Gasteiger partial charge in [0.05, 0.1) is 16.0 Å². The zero-order valence-electron chi connectivity index (χ0n) is 12.2. The number of nitrogens with two attached hydrogens (primary N) is 1. The lowest BCUT2D eigenvalue weighted by Crippen LogP contribution is -2.36. The highest BCUT2D eigenvalue weighted by Crippen LogP contribution is 2.40. The average Bonchev–Trinajstić information content (AvgIpc) is 2.43. The van der Waals surface area contributed by atoms with Gasteiger partial charge in [-0.15, -0.1) is 0 Å². The molecule has 0 atom stereocenters. The molecule has 21 heavy (non-hydrogen) atoms. The van der Waals surface area contributed by atoms with Crippen LogP contribution in [-0.2, 0) is 9.84 Å². The molecular weight excluding hydrogens is 312 g/mol. The first kappa shape index (κ1) is 16.4. The van der Waals surface area contributed by atoms with Crippen molar-refractivity contribution < 1.29 is 13.5 Å². The summed E-state index contributed by atoms with van der Waals surface area (Å²) in [5.41, 5.74) is 5.63. The number of phenols is 1. The van der Waals surface area contributed by atoms with Gasteiger partial charge in [-0.1, -0.05) is 11.6 Å². The Hall–Kier alpha value is -0.980. The number of benzene rings is 1. The van der Waals surface area contributed by atoms with Crippen LogP contribution < -0.4 is 5.73 Å². The topological polar surface area (TPSA) is 83.6 Å². The highest BCUT2D eigenvalue weighted by Gasteiger charge is 2.36. The first-order chi connectivity index (χ1) is 9.75. The number of nitrogen functional groups attached to an aromatic ring is 1. The van der Waals surface area contributed by atoms with Gasteiger partial charge in [0.1, 0.15) is 4.90 Å². The fourth-order valence-electron chi connectivity index (χ4n) is 2.87. The van der Waals surface area contributed by atoms with Gasteiger partial charge in [-0.25, -0.2) is 8.42 Å². The molecule has 1 aromatic rings. The molecule has 7 heteroatoms. The summed E-state index contributed by atoms with van der Waals surface area (Å²) in [5.74, 6) is -0.433. The molecule has 0 unspecified atom stereocenters. The number of hydrogen-bond acceptors (Lipinski definition) is 5. The number of halogens is 1. The van der Waals surface area contributed by atoms with E-state index in [2.05, 4.69) is 4.90 Å². The summed E-state index contributed by atoms with van der Waals surface area (Å²) in [6, 6.07) is 3.22. The van der Waals surface area contributed by atoms with Gasteiger partial charge in [0.2, 0.25) is 0 Å². The summed E-state index contributed by atoms with van der Waals surface area (Å²) < 4.78 is 25.5. The van der Waals surface area contributed by atoms with Crippen LogP contribution in [0.2, 0.25) is 5.02 Å². The molecule has 0 spiro atoms. The molecule has 1 aliphatic carbocycles. The molecule has 1 fully saturated rings. The second kappa shape index (κ2) is 6.02. The standard InChI is InChI=1S/C14H21ClN2O3S/c1-17(2)9-3-5-10(6-4-9)21(19,20)14-11(15)7-8-12(16)13(14)18/h7-10,18H,3-6,16H2,1-2H3/t9-,10+. The number of phenolic OH excluding ortho intramolecular Hbond substituents is 1. The Bertz CT molecular complexity index is 623. The molecular formula is C14H21ClN2O3S. The number of aromatic hydroxyl groups is 1. The average molecular weight is 333 g/mol. The van der Waals surface area contributed by atoms with E-state index in [4.69, 9.17) is 17.3 Å². The highest BCUT2D eigenvalue weighted by molar-refractivity contribution is 7.92. The molecule has 0 radical (unpaired) electrons. The minimum Gasteiger partial charge on any atom is -0.504 e. The van der Waals surface area contributed by atoms with Gasteiger partial charge in [-0.3, -0.25) is 0 Å². The molecule has 0 aromatic heterocycles. The summed E-state index contributed by atoms with van der Waals surface area (Å²) in [6.45, 7) is 0. The Balaban J connectivity index is 2.30. The Morgan fingerprint density at radius 2 is 1.81 bits per heavy atom. The van der Waals surface area contributed by atoms with E-state index in [1.165, 1.54) is 12.1 Å². The van der Waals surface area contributed by atoms with Gasteiger partial charge in [0, 0.05) is 6.04 Å². The van der Waals surface area contributed by atoms with E-state index in [0.29, 0.717) is 18.9 Å². The number of anilines is 1. The van der Waals surface area contributed by atoms with Crippen molar-refractivity contribution in [2.24, 2.45) is 0 Å². The number of nitrogens with zero attached hydrogens (tertiary/aromatic N) is 1. The second-order valence-electron chi connectivity index (χ2n) is 5.75. The summed E-state index contributed by atoms with van der Waals surface area (Å²) >= 11 is 5.98. The van der Waals surface area contributed by atoms with Crippen LogP contribution in [0.15, 0.2) is 17.0 Å². The lowest BCUT2D eigenvalue weighted by molar-refractivity contribution is 0.230. The Kier molecular flexibility index (Phi) is 4.70.